The van der Waals surface area contributed by atoms with Gasteiger partial charge in [-0.25, -0.2) is 13.8 Å². The summed E-state index contributed by atoms with van der Waals surface area (Å²) in [5.74, 6) is 0.678. The van der Waals surface area contributed by atoms with Crippen molar-refractivity contribution in [2.45, 2.75) is 19.3 Å². The molecule has 1 aromatic carbocycles. The van der Waals surface area contributed by atoms with Gasteiger partial charge in [0, 0.05) is 18.4 Å². The molecule has 0 bridgehead atoms. The van der Waals surface area contributed by atoms with Crippen LogP contribution in [0.3, 0.4) is 0 Å². The largest absolute Gasteiger partial charge is 0.441 e. The Morgan fingerprint density at radius 2 is 2.04 bits per heavy atom. The number of carbonyl (C=O) groups is 1. The summed E-state index contributed by atoms with van der Waals surface area (Å²) in [5.41, 5.74) is 0.897. The number of rotatable bonds is 6. The molecule has 0 spiro atoms. The summed E-state index contributed by atoms with van der Waals surface area (Å²) >= 11 is 0.649. The molecule has 0 atom stereocenters. The molecule has 0 aliphatic carbocycles. The summed E-state index contributed by atoms with van der Waals surface area (Å²) in [6.07, 6.45) is -0.711. The number of carbonyl (C=O) groups excluding carboxylic acids is 1. The Hall–Kier alpha value is -2.68. The Morgan fingerprint density at radius 1 is 1.25 bits per heavy atom. The number of hydrogen-bond donors (Lipinski definition) is 1. The zero-order valence-corrected chi connectivity index (χ0v) is 13.1. The summed E-state index contributed by atoms with van der Waals surface area (Å²) in [6.45, 7) is 0. The molecule has 0 unspecified atom stereocenters. The number of aryl methyl sites for hydroxylation is 1. The fourth-order valence-corrected chi connectivity index (χ4v) is 2.55. The van der Waals surface area contributed by atoms with Crippen molar-refractivity contribution in [3.8, 4) is 11.3 Å². The maximum absolute atomic E-state index is 12.4. The van der Waals surface area contributed by atoms with E-state index in [0.29, 0.717) is 29.4 Å². The summed E-state index contributed by atoms with van der Waals surface area (Å²) in [6, 6.07) is 9.47. The van der Waals surface area contributed by atoms with E-state index in [9.17, 15) is 13.6 Å². The first-order chi connectivity index (χ1) is 11.6. The predicted molar refractivity (Wildman–Crippen MR) is 83.8 cm³/mol. The van der Waals surface area contributed by atoms with E-state index < -0.39 is 11.4 Å². The van der Waals surface area contributed by atoms with Crippen LogP contribution >= 0.6 is 11.3 Å². The van der Waals surface area contributed by atoms with Crippen LogP contribution in [-0.2, 0) is 11.2 Å². The van der Waals surface area contributed by atoms with Crippen LogP contribution in [0.4, 0.5) is 13.9 Å². The number of hydrogen-bond acceptors (Lipinski definition) is 6. The lowest BCUT2D eigenvalue weighted by Gasteiger charge is -1.99. The molecule has 124 valence electrons. The Kier molecular flexibility index (Phi) is 4.90. The number of aromatic nitrogens is 3. The van der Waals surface area contributed by atoms with Gasteiger partial charge in [-0.3, -0.25) is 4.79 Å². The first-order valence-corrected chi connectivity index (χ1v) is 7.85. The van der Waals surface area contributed by atoms with E-state index in [-0.39, 0.29) is 17.5 Å². The van der Waals surface area contributed by atoms with Gasteiger partial charge in [-0.15, -0.1) is 10.2 Å². The monoisotopic (exact) mass is 350 g/mol. The van der Waals surface area contributed by atoms with Gasteiger partial charge in [0.05, 0.1) is 6.20 Å². The van der Waals surface area contributed by atoms with Gasteiger partial charge in [-0.2, -0.15) is 0 Å². The predicted octanol–water partition coefficient (Wildman–Crippen LogP) is 3.70. The zero-order valence-electron chi connectivity index (χ0n) is 12.3. The minimum Gasteiger partial charge on any atom is -0.441 e. The third-order valence-electron chi connectivity index (χ3n) is 3.05. The number of alkyl halides is 2. The van der Waals surface area contributed by atoms with E-state index in [4.69, 9.17) is 4.42 Å². The van der Waals surface area contributed by atoms with Gasteiger partial charge in [-0.1, -0.05) is 41.7 Å². The van der Waals surface area contributed by atoms with Crippen molar-refractivity contribution in [3.05, 3.63) is 47.4 Å². The number of benzene rings is 1. The Balaban J connectivity index is 1.54. The first kappa shape index (κ1) is 16.2. The second-order valence-corrected chi connectivity index (χ2v) is 5.79. The Labute approximate surface area is 139 Å². The van der Waals surface area contributed by atoms with Gasteiger partial charge in [0.2, 0.25) is 11.0 Å². The lowest BCUT2D eigenvalue weighted by atomic mass is 10.2. The minimum absolute atomic E-state index is 0.0488. The van der Waals surface area contributed by atoms with Crippen molar-refractivity contribution < 1.29 is 18.0 Å². The smallest absolute Gasteiger partial charge is 0.291 e. The molecule has 0 saturated carbocycles. The molecule has 2 aromatic heterocycles. The normalized spacial score (nSPS) is 11.0. The average molecular weight is 350 g/mol. The van der Waals surface area contributed by atoms with Crippen LogP contribution in [0.2, 0.25) is 0 Å². The summed E-state index contributed by atoms with van der Waals surface area (Å²) < 4.78 is 30.4. The number of nitrogens with zero attached hydrogens (tertiary/aromatic N) is 3. The van der Waals surface area contributed by atoms with Crippen molar-refractivity contribution in [1.82, 2.24) is 15.2 Å². The third kappa shape index (κ3) is 3.99. The fraction of sp³-hybridized carbons (Fsp3) is 0.200. The maximum Gasteiger partial charge on any atom is 0.291 e. The van der Waals surface area contributed by atoms with Crippen LogP contribution in [-0.4, -0.2) is 21.1 Å². The van der Waals surface area contributed by atoms with Crippen LogP contribution < -0.4 is 5.32 Å². The van der Waals surface area contributed by atoms with Gasteiger partial charge in [0.25, 0.3) is 6.43 Å². The highest BCUT2D eigenvalue weighted by molar-refractivity contribution is 7.15. The fourth-order valence-electron chi connectivity index (χ4n) is 1.94. The van der Waals surface area contributed by atoms with E-state index in [1.54, 1.807) is 6.20 Å². The van der Waals surface area contributed by atoms with Crippen LogP contribution in [0, 0.1) is 0 Å². The molecule has 0 saturated heterocycles. The summed E-state index contributed by atoms with van der Waals surface area (Å²) in [4.78, 5) is 15.9. The standard InChI is InChI=1S/C15H12F2N4O2S/c16-13(17)14-20-21-15(24-14)19-11(22)6-7-12-18-8-10(23-12)9-4-2-1-3-5-9/h1-5,8,13H,6-7H2,(H,19,21,22). The molecular formula is C15H12F2N4O2S. The molecule has 2 heterocycles. The minimum atomic E-state index is -2.70. The molecule has 24 heavy (non-hydrogen) atoms. The topological polar surface area (TPSA) is 80.9 Å². The van der Waals surface area contributed by atoms with Crippen molar-refractivity contribution in [1.29, 1.82) is 0 Å². The Morgan fingerprint density at radius 3 is 2.75 bits per heavy atom. The second-order valence-electron chi connectivity index (χ2n) is 4.78. The lowest BCUT2D eigenvalue weighted by Crippen LogP contribution is -2.12. The summed E-state index contributed by atoms with van der Waals surface area (Å²) in [7, 11) is 0. The van der Waals surface area contributed by atoms with Crippen LogP contribution in [0.5, 0.6) is 0 Å². The lowest BCUT2D eigenvalue weighted by molar-refractivity contribution is -0.116. The number of halogens is 2. The number of nitrogens with one attached hydrogen (secondary N) is 1. The van der Waals surface area contributed by atoms with Crippen molar-refractivity contribution in [3.63, 3.8) is 0 Å². The molecule has 0 aliphatic rings. The SMILES string of the molecule is O=C(CCc1ncc(-c2ccccc2)o1)Nc1nnc(C(F)F)s1. The van der Waals surface area contributed by atoms with Crippen LogP contribution in [0.1, 0.15) is 23.7 Å². The van der Waals surface area contributed by atoms with Crippen LogP contribution in [0.25, 0.3) is 11.3 Å². The third-order valence-corrected chi connectivity index (χ3v) is 3.90. The number of oxazole rings is 1. The zero-order chi connectivity index (χ0) is 16.9. The van der Waals surface area contributed by atoms with Gasteiger partial charge in [0.15, 0.2) is 16.7 Å². The van der Waals surface area contributed by atoms with E-state index in [0.717, 1.165) is 5.56 Å². The van der Waals surface area contributed by atoms with E-state index in [1.165, 1.54) is 0 Å². The first-order valence-electron chi connectivity index (χ1n) is 7.03. The quantitative estimate of drug-likeness (QED) is 0.733. The summed E-state index contributed by atoms with van der Waals surface area (Å²) in [5, 5.41) is 8.84. The Bertz CT molecular complexity index is 820. The molecule has 3 rings (SSSR count). The van der Waals surface area contributed by atoms with Gasteiger partial charge in [0.1, 0.15) is 0 Å². The molecule has 6 nitrogen and oxygen atoms in total. The highest BCUT2D eigenvalue weighted by Crippen LogP contribution is 2.25. The molecule has 0 fully saturated rings. The van der Waals surface area contributed by atoms with E-state index in [1.807, 2.05) is 30.3 Å². The molecular weight excluding hydrogens is 338 g/mol. The highest BCUT2D eigenvalue weighted by atomic mass is 32.1. The average Bonchev–Trinajstić information content (AvgIpc) is 3.23. The van der Waals surface area contributed by atoms with Gasteiger partial charge in [-0.05, 0) is 0 Å². The van der Waals surface area contributed by atoms with Crippen LogP contribution in [0.15, 0.2) is 40.9 Å². The van der Waals surface area contributed by atoms with E-state index >= 15 is 0 Å². The number of anilines is 1. The maximum atomic E-state index is 12.4. The van der Waals surface area contributed by atoms with Gasteiger partial charge < -0.3 is 9.73 Å². The van der Waals surface area contributed by atoms with Gasteiger partial charge >= 0.3 is 0 Å². The van der Waals surface area contributed by atoms with Crippen molar-refractivity contribution in [2.75, 3.05) is 5.32 Å². The van der Waals surface area contributed by atoms with Crippen molar-refractivity contribution >= 4 is 22.4 Å². The van der Waals surface area contributed by atoms with Crippen molar-refractivity contribution in [2.24, 2.45) is 0 Å². The molecule has 9 heteroatoms. The van der Waals surface area contributed by atoms with E-state index in [2.05, 4.69) is 20.5 Å². The molecule has 1 N–H and O–H groups in total. The highest BCUT2D eigenvalue weighted by Gasteiger charge is 2.15. The molecule has 0 aliphatic heterocycles. The number of amides is 1. The molecule has 1 amide bonds. The molecule has 3 aromatic rings. The molecule has 0 radical (unpaired) electrons. The second kappa shape index (κ2) is 7.26.